The highest BCUT2D eigenvalue weighted by atomic mass is 35.5. The van der Waals surface area contributed by atoms with Gasteiger partial charge in [0.1, 0.15) is 0 Å². The number of halogens is 1. The predicted molar refractivity (Wildman–Crippen MR) is 101 cm³/mol. The first-order chi connectivity index (χ1) is 11.7. The monoisotopic (exact) mass is 352 g/mol. The Kier molecular flexibility index (Phi) is 8.36. The largest absolute Gasteiger partial charge is 0.379 e. The molecule has 24 heavy (non-hydrogen) atoms. The van der Waals surface area contributed by atoms with E-state index < -0.39 is 0 Å². The number of hydrogen-bond acceptors (Lipinski definition) is 3. The standard InChI is InChI=1S/C18H29ClN4O/c1-15(14-23-9-11-24-12-10-23)13-22-18(20-2)21-8-7-16-5-3-4-6-17(16)19/h3-6,15H,7-14H2,1-2H3,(H2,20,21,22). The molecule has 0 radical (unpaired) electrons. The van der Waals surface area contributed by atoms with Crippen molar-refractivity contribution in [2.24, 2.45) is 10.9 Å². The van der Waals surface area contributed by atoms with Crippen LogP contribution in [0.1, 0.15) is 12.5 Å². The van der Waals surface area contributed by atoms with E-state index in [1.165, 1.54) is 0 Å². The van der Waals surface area contributed by atoms with Gasteiger partial charge in [-0.1, -0.05) is 36.7 Å². The molecule has 1 aromatic carbocycles. The summed E-state index contributed by atoms with van der Waals surface area (Å²) in [6, 6.07) is 7.96. The lowest BCUT2D eigenvalue weighted by Gasteiger charge is -2.29. The molecule has 1 unspecified atom stereocenters. The van der Waals surface area contributed by atoms with Gasteiger partial charge in [-0.05, 0) is 24.0 Å². The number of aliphatic imine (C=N–C) groups is 1. The van der Waals surface area contributed by atoms with Gasteiger partial charge in [0.15, 0.2) is 5.96 Å². The molecule has 5 nitrogen and oxygen atoms in total. The van der Waals surface area contributed by atoms with Crippen molar-refractivity contribution in [1.29, 1.82) is 0 Å². The first kappa shape index (κ1) is 19.0. The van der Waals surface area contributed by atoms with E-state index in [0.717, 1.165) is 68.9 Å². The van der Waals surface area contributed by atoms with Crippen LogP contribution in [0.25, 0.3) is 0 Å². The Labute approximate surface area is 150 Å². The lowest BCUT2D eigenvalue weighted by atomic mass is 10.1. The Bertz CT molecular complexity index is 517. The SMILES string of the molecule is CN=C(NCCc1ccccc1Cl)NCC(C)CN1CCOCC1. The summed E-state index contributed by atoms with van der Waals surface area (Å²) in [5, 5.41) is 7.58. The Hall–Kier alpha value is -1.30. The van der Waals surface area contributed by atoms with Crippen molar-refractivity contribution in [2.75, 3.05) is 53.0 Å². The number of hydrogen-bond donors (Lipinski definition) is 2. The van der Waals surface area contributed by atoms with Crippen LogP contribution in [-0.4, -0.2) is 63.8 Å². The summed E-state index contributed by atoms with van der Waals surface area (Å²) in [6.07, 6.45) is 0.879. The number of nitrogens with one attached hydrogen (secondary N) is 2. The molecule has 6 heteroatoms. The maximum absolute atomic E-state index is 6.18. The molecule has 0 aromatic heterocycles. The fraction of sp³-hybridized carbons (Fsp3) is 0.611. The quantitative estimate of drug-likeness (QED) is 0.582. The van der Waals surface area contributed by atoms with Gasteiger partial charge in [-0.15, -0.1) is 0 Å². The zero-order valence-corrected chi connectivity index (χ0v) is 15.5. The Morgan fingerprint density at radius 3 is 2.75 bits per heavy atom. The second-order valence-electron chi connectivity index (χ2n) is 6.24. The van der Waals surface area contributed by atoms with Crippen molar-refractivity contribution < 1.29 is 4.74 Å². The molecule has 1 aliphatic heterocycles. The number of nitrogens with zero attached hydrogens (tertiary/aromatic N) is 2. The summed E-state index contributed by atoms with van der Waals surface area (Å²) >= 11 is 6.18. The van der Waals surface area contributed by atoms with E-state index in [4.69, 9.17) is 16.3 Å². The van der Waals surface area contributed by atoms with Gasteiger partial charge in [0, 0.05) is 44.8 Å². The third-order valence-corrected chi connectivity index (χ3v) is 4.53. The molecule has 0 aliphatic carbocycles. The van der Waals surface area contributed by atoms with Crippen LogP contribution in [0.3, 0.4) is 0 Å². The minimum atomic E-state index is 0.560. The minimum absolute atomic E-state index is 0.560. The van der Waals surface area contributed by atoms with Gasteiger partial charge >= 0.3 is 0 Å². The molecule has 1 atom stereocenters. The molecular weight excluding hydrogens is 324 g/mol. The molecule has 0 amide bonds. The van der Waals surface area contributed by atoms with E-state index in [0.29, 0.717) is 5.92 Å². The van der Waals surface area contributed by atoms with Crippen molar-refractivity contribution in [3.63, 3.8) is 0 Å². The number of ether oxygens (including phenoxy) is 1. The molecule has 1 aliphatic rings. The zero-order chi connectivity index (χ0) is 17.2. The van der Waals surface area contributed by atoms with E-state index >= 15 is 0 Å². The highest BCUT2D eigenvalue weighted by Crippen LogP contribution is 2.14. The van der Waals surface area contributed by atoms with Crippen molar-refractivity contribution in [1.82, 2.24) is 15.5 Å². The second kappa shape index (κ2) is 10.5. The number of guanidine groups is 1. The topological polar surface area (TPSA) is 48.9 Å². The average molecular weight is 353 g/mol. The molecule has 1 fully saturated rings. The van der Waals surface area contributed by atoms with Crippen molar-refractivity contribution in [2.45, 2.75) is 13.3 Å². The van der Waals surface area contributed by atoms with Crippen LogP contribution in [0.2, 0.25) is 5.02 Å². The summed E-state index contributed by atoms with van der Waals surface area (Å²) in [4.78, 5) is 6.75. The number of rotatable bonds is 7. The van der Waals surface area contributed by atoms with Gasteiger partial charge < -0.3 is 15.4 Å². The van der Waals surface area contributed by atoms with Crippen LogP contribution in [0.4, 0.5) is 0 Å². The maximum atomic E-state index is 6.18. The van der Waals surface area contributed by atoms with E-state index in [2.05, 4.69) is 33.5 Å². The Morgan fingerprint density at radius 1 is 1.29 bits per heavy atom. The van der Waals surface area contributed by atoms with Crippen LogP contribution >= 0.6 is 11.6 Å². The van der Waals surface area contributed by atoms with Crippen molar-refractivity contribution in [3.8, 4) is 0 Å². The van der Waals surface area contributed by atoms with Gasteiger partial charge in [-0.2, -0.15) is 0 Å². The van der Waals surface area contributed by atoms with Gasteiger partial charge in [-0.25, -0.2) is 0 Å². The highest BCUT2D eigenvalue weighted by molar-refractivity contribution is 6.31. The summed E-state index contributed by atoms with van der Waals surface area (Å²) in [7, 11) is 1.80. The molecule has 1 heterocycles. The molecule has 1 aromatic rings. The van der Waals surface area contributed by atoms with Crippen LogP contribution in [0.15, 0.2) is 29.3 Å². The molecule has 1 saturated heterocycles. The number of morpholine rings is 1. The highest BCUT2D eigenvalue weighted by Gasteiger charge is 2.13. The lowest BCUT2D eigenvalue weighted by molar-refractivity contribution is 0.0320. The molecule has 2 rings (SSSR count). The second-order valence-corrected chi connectivity index (χ2v) is 6.65. The molecule has 0 bridgehead atoms. The fourth-order valence-electron chi connectivity index (χ4n) is 2.80. The Morgan fingerprint density at radius 2 is 2.04 bits per heavy atom. The van der Waals surface area contributed by atoms with E-state index in [1.54, 1.807) is 7.05 Å². The average Bonchev–Trinajstić information content (AvgIpc) is 2.60. The zero-order valence-electron chi connectivity index (χ0n) is 14.7. The number of benzene rings is 1. The van der Waals surface area contributed by atoms with E-state index in [-0.39, 0.29) is 0 Å². The summed E-state index contributed by atoms with van der Waals surface area (Å²) in [6.45, 7) is 8.85. The third-order valence-electron chi connectivity index (χ3n) is 4.16. The van der Waals surface area contributed by atoms with Gasteiger partial charge in [-0.3, -0.25) is 9.89 Å². The minimum Gasteiger partial charge on any atom is -0.379 e. The van der Waals surface area contributed by atoms with Crippen LogP contribution in [0, 0.1) is 5.92 Å². The third kappa shape index (κ3) is 6.67. The van der Waals surface area contributed by atoms with Crippen molar-refractivity contribution in [3.05, 3.63) is 34.9 Å². The van der Waals surface area contributed by atoms with Crippen LogP contribution in [0.5, 0.6) is 0 Å². The lowest BCUT2D eigenvalue weighted by Crippen LogP contribution is -2.44. The van der Waals surface area contributed by atoms with E-state index in [9.17, 15) is 0 Å². The van der Waals surface area contributed by atoms with Gasteiger partial charge in [0.05, 0.1) is 13.2 Å². The normalized spacial score (nSPS) is 17.5. The summed E-state index contributed by atoms with van der Waals surface area (Å²) in [5.74, 6) is 1.40. The summed E-state index contributed by atoms with van der Waals surface area (Å²) in [5.41, 5.74) is 1.16. The molecule has 2 N–H and O–H groups in total. The van der Waals surface area contributed by atoms with Crippen molar-refractivity contribution >= 4 is 17.6 Å². The molecular formula is C18H29ClN4O. The smallest absolute Gasteiger partial charge is 0.190 e. The Balaban J connectivity index is 1.65. The maximum Gasteiger partial charge on any atom is 0.190 e. The molecule has 0 spiro atoms. The summed E-state index contributed by atoms with van der Waals surface area (Å²) < 4.78 is 5.39. The van der Waals surface area contributed by atoms with E-state index in [1.807, 2.05) is 18.2 Å². The predicted octanol–water partition coefficient (Wildman–Crippen LogP) is 2.02. The van der Waals surface area contributed by atoms with Gasteiger partial charge in [0.25, 0.3) is 0 Å². The first-order valence-electron chi connectivity index (χ1n) is 8.67. The van der Waals surface area contributed by atoms with Crippen LogP contribution in [-0.2, 0) is 11.2 Å². The van der Waals surface area contributed by atoms with Crippen LogP contribution < -0.4 is 10.6 Å². The van der Waals surface area contributed by atoms with Gasteiger partial charge in [0.2, 0.25) is 0 Å². The first-order valence-corrected chi connectivity index (χ1v) is 9.05. The fourth-order valence-corrected chi connectivity index (χ4v) is 3.03. The molecule has 134 valence electrons. The molecule has 0 saturated carbocycles.